The second-order valence-electron chi connectivity index (χ2n) is 4.83. The zero-order chi connectivity index (χ0) is 14.3. The normalized spacial score (nSPS) is 12.5. The van der Waals surface area contributed by atoms with Gasteiger partial charge in [0.1, 0.15) is 18.5 Å². The molecule has 4 nitrogen and oxygen atoms in total. The summed E-state index contributed by atoms with van der Waals surface area (Å²) in [4.78, 5) is 11.5. The van der Waals surface area contributed by atoms with Crippen LogP contribution in [-0.2, 0) is 0 Å². The lowest BCUT2D eigenvalue weighted by Crippen LogP contribution is -2.35. The molecule has 1 aromatic rings. The van der Waals surface area contributed by atoms with Gasteiger partial charge in [0, 0.05) is 24.6 Å². The van der Waals surface area contributed by atoms with Gasteiger partial charge >= 0.3 is 0 Å². The molecule has 2 N–H and O–H groups in total. The van der Waals surface area contributed by atoms with Crippen molar-refractivity contribution in [3.05, 3.63) is 29.8 Å². The number of aliphatic hydroxyl groups is 1. The summed E-state index contributed by atoms with van der Waals surface area (Å²) >= 11 is 0. The maximum atomic E-state index is 11.5. The molecule has 0 aliphatic heterocycles. The van der Waals surface area contributed by atoms with Gasteiger partial charge in [-0.25, -0.2) is 0 Å². The Morgan fingerprint density at radius 3 is 2.47 bits per heavy atom. The summed E-state index contributed by atoms with van der Waals surface area (Å²) in [7, 11) is 0. The average Bonchev–Trinajstić information content (AvgIpc) is 2.42. The number of aliphatic hydroxyl groups excluding tert-OH is 1. The lowest BCUT2D eigenvalue weighted by Gasteiger charge is -2.15. The van der Waals surface area contributed by atoms with E-state index in [1.54, 1.807) is 24.3 Å². The highest BCUT2D eigenvalue weighted by molar-refractivity contribution is 5.95. The number of rotatable bonds is 8. The molecule has 0 saturated heterocycles. The first-order chi connectivity index (χ1) is 9.02. The molecule has 0 aromatic heterocycles. The van der Waals surface area contributed by atoms with Gasteiger partial charge in [-0.1, -0.05) is 20.8 Å². The van der Waals surface area contributed by atoms with Crippen molar-refractivity contribution in [2.24, 2.45) is 0 Å². The molecule has 1 aromatic carbocycles. The highest BCUT2D eigenvalue weighted by Crippen LogP contribution is 2.13. The summed E-state index contributed by atoms with van der Waals surface area (Å²) in [6.07, 6.45) is -0.0425. The number of carbonyl (C=O) groups is 1. The highest BCUT2D eigenvalue weighted by Gasteiger charge is 2.07. The molecule has 1 atom stereocenters. The molecule has 0 bridgehead atoms. The number of ether oxygens (including phenoxy) is 1. The van der Waals surface area contributed by atoms with E-state index in [4.69, 9.17) is 4.74 Å². The van der Waals surface area contributed by atoms with E-state index in [-0.39, 0.29) is 12.4 Å². The van der Waals surface area contributed by atoms with Crippen molar-refractivity contribution in [3.8, 4) is 5.75 Å². The number of ketones is 1. The zero-order valence-corrected chi connectivity index (χ0v) is 11.8. The van der Waals surface area contributed by atoms with Crippen LogP contribution in [0, 0.1) is 0 Å². The van der Waals surface area contributed by atoms with Crippen LogP contribution in [0.25, 0.3) is 0 Å². The summed E-state index contributed by atoms with van der Waals surface area (Å²) < 4.78 is 5.47. The van der Waals surface area contributed by atoms with E-state index >= 15 is 0 Å². The van der Waals surface area contributed by atoms with Crippen molar-refractivity contribution in [2.45, 2.75) is 39.3 Å². The smallest absolute Gasteiger partial charge is 0.162 e. The van der Waals surface area contributed by atoms with E-state index in [1.165, 1.54) is 0 Å². The predicted octanol–water partition coefficient (Wildman–Crippen LogP) is 2.02. The largest absolute Gasteiger partial charge is 0.491 e. The van der Waals surface area contributed by atoms with Crippen LogP contribution in [0.2, 0.25) is 0 Å². The maximum absolute atomic E-state index is 11.5. The fourth-order valence-corrected chi connectivity index (χ4v) is 1.56. The first kappa shape index (κ1) is 15.7. The Kier molecular flexibility index (Phi) is 6.53. The van der Waals surface area contributed by atoms with Gasteiger partial charge in [0.05, 0.1) is 0 Å². The minimum Gasteiger partial charge on any atom is -0.491 e. The number of hydrogen-bond acceptors (Lipinski definition) is 4. The van der Waals surface area contributed by atoms with Gasteiger partial charge in [0.2, 0.25) is 0 Å². The van der Waals surface area contributed by atoms with Gasteiger partial charge in [0.25, 0.3) is 0 Å². The van der Waals surface area contributed by atoms with Crippen molar-refractivity contribution in [1.82, 2.24) is 5.32 Å². The van der Waals surface area contributed by atoms with E-state index in [0.29, 0.717) is 30.3 Å². The van der Waals surface area contributed by atoms with Gasteiger partial charge in [-0.2, -0.15) is 0 Å². The van der Waals surface area contributed by atoms with Crippen molar-refractivity contribution in [2.75, 3.05) is 13.2 Å². The molecular formula is C15H23NO3. The minimum atomic E-state index is -0.542. The monoisotopic (exact) mass is 265 g/mol. The minimum absolute atomic E-state index is 0.118. The number of nitrogens with one attached hydrogen (secondary N) is 1. The molecule has 1 unspecified atom stereocenters. The lowest BCUT2D eigenvalue weighted by atomic mass is 10.1. The van der Waals surface area contributed by atoms with Gasteiger partial charge in [-0.3, -0.25) is 4.79 Å². The molecule has 4 heteroatoms. The lowest BCUT2D eigenvalue weighted by molar-refractivity contribution is 0.0986. The molecule has 0 spiro atoms. The van der Waals surface area contributed by atoms with Crippen LogP contribution in [0.4, 0.5) is 0 Å². The fraction of sp³-hybridized carbons (Fsp3) is 0.533. The molecule has 0 radical (unpaired) electrons. The molecule has 0 heterocycles. The van der Waals surface area contributed by atoms with Gasteiger partial charge in [-0.05, 0) is 24.3 Å². The summed E-state index contributed by atoms with van der Waals surface area (Å²) in [5, 5.41) is 12.8. The fourth-order valence-electron chi connectivity index (χ4n) is 1.56. The molecular weight excluding hydrogens is 242 g/mol. The first-order valence-electron chi connectivity index (χ1n) is 6.70. The Morgan fingerprint density at radius 1 is 1.32 bits per heavy atom. The molecule has 106 valence electrons. The topological polar surface area (TPSA) is 58.6 Å². The zero-order valence-electron chi connectivity index (χ0n) is 11.8. The van der Waals surface area contributed by atoms with E-state index in [9.17, 15) is 9.90 Å². The molecule has 0 saturated carbocycles. The standard InChI is InChI=1S/C15H23NO3/c1-4-15(18)12-5-7-14(8-6-12)19-10-13(17)9-16-11(2)3/h5-8,11,13,16-17H,4,9-10H2,1-3H3. The highest BCUT2D eigenvalue weighted by atomic mass is 16.5. The molecule has 19 heavy (non-hydrogen) atoms. The van der Waals surface area contributed by atoms with Crippen molar-refractivity contribution >= 4 is 5.78 Å². The Bertz CT molecular complexity index is 387. The number of Topliss-reactive ketones (excluding diaryl/α,β-unsaturated/α-hetero) is 1. The molecule has 0 aliphatic carbocycles. The Morgan fingerprint density at radius 2 is 1.95 bits per heavy atom. The van der Waals surface area contributed by atoms with Crippen LogP contribution >= 0.6 is 0 Å². The molecule has 0 aliphatic rings. The van der Waals surface area contributed by atoms with Gasteiger partial charge < -0.3 is 15.2 Å². The summed E-state index contributed by atoms with van der Waals surface area (Å²) in [6.45, 7) is 6.63. The Hall–Kier alpha value is -1.39. The van der Waals surface area contributed by atoms with E-state index in [1.807, 2.05) is 20.8 Å². The second kappa shape index (κ2) is 7.92. The molecule has 1 rings (SSSR count). The quantitative estimate of drug-likeness (QED) is 0.706. The van der Waals surface area contributed by atoms with Crippen LogP contribution in [-0.4, -0.2) is 36.2 Å². The number of carbonyl (C=O) groups excluding carboxylic acids is 1. The van der Waals surface area contributed by atoms with E-state index < -0.39 is 6.10 Å². The third-order valence-electron chi connectivity index (χ3n) is 2.70. The Labute approximate surface area is 114 Å². The first-order valence-corrected chi connectivity index (χ1v) is 6.70. The third-order valence-corrected chi connectivity index (χ3v) is 2.70. The van der Waals surface area contributed by atoms with E-state index in [2.05, 4.69) is 5.32 Å². The third kappa shape index (κ3) is 5.85. The van der Waals surface area contributed by atoms with Gasteiger partial charge in [-0.15, -0.1) is 0 Å². The average molecular weight is 265 g/mol. The maximum Gasteiger partial charge on any atom is 0.162 e. The molecule has 0 amide bonds. The van der Waals surface area contributed by atoms with Crippen LogP contribution in [0.5, 0.6) is 5.75 Å². The van der Waals surface area contributed by atoms with Crippen LogP contribution in [0.3, 0.4) is 0 Å². The van der Waals surface area contributed by atoms with Crippen LogP contribution < -0.4 is 10.1 Å². The summed E-state index contributed by atoms with van der Waals surface area (Å²) in [5.41, 5.74) is 0.692. The SMILES string of the molecule is CCC(=O)c1ccc(OCC(O)CNC(C)C)cc1. The van der Waals surface area contributed by atoms with Crippen LogP contribution in [0.1, 0.15) is 37.6 Å². The molecule has 0 fully saturated rings. The second-order valence-corrected chi connectivity index (χ2v) is 4.83. The van der Waals surface area contributed by atoms with Crippen LogP contribution in [0.15, 0.2) is 24.3 Å². The van der Waals surface area contributed by atoms with Crippen molar-refractivity contribution in [1.29, 1.82) is 0 Å². The van der Waals surface area contributed by atoms with Gasteiger partial charge in [0.15, 0.2) is 5.78 Å². The van der Waals surface area contributed by atoms with Crippen molar-refractivity contribution in [3.63, 3.8) is 0 Å². The Balaban J connectivity index is 2.39. The summed E-state index contributed by atoms with van der Waals surface area (Å²) in [5.74, 6) is 0.781. The summed E-state index contributed by atoms with van der Waals surface area (Å²) in [6, 6.07) is 7.35. The van der Waals surface area contributed by atoms with Crippen molar-refractivity contribution < 1.29 is 14.6 Å². The number of hydrogen-bond donors (Lipinski definition) is 2. The van der Waals surface area contributed by atoms with E-state index in [0.717, 1.165) is 0 Å². The predicted molar refractivity (Wildman–Crippen MR) is 75.7 cm³/mol. The number of benzene rings is 1.